The molecule has 2 aromatic carbocycles. The van der Waals surface area contributed by atoms with Gasteiger partial charge in [-0.3, -0.25) is 4.79 Å². The lowest BCUT2D eigenvalue weighted by Crippen LogP contribution is -2.49. The summed E-state index contributed by atoms with van der Waals surface area (Å²) in [4.78, 5) is 18.3. The van der Waals surface area contributed by atoms with Gasteiger partial charge >= 0.3 is 0 Å². The van der Waals surface area contributed by atoms with Crippen molar-refractivity contribution in [3.63, 3.8) is 0 Å². The molecule has 1 N–H and O–H groups in total. The third kappa shape index (κ3) is 5.91. The van der Waals surface area contributed by atoms with E-state index in [4.69, 9.17) is 13.9 Å². The molecule has 2 saturated heterocycles. The fraction of sp³-hybridized carbons (Fsp3) is 0.469. The number of fused-ring (bicyclic) bond motifs is 1. The number of carbonyl (C=O) groups excluding carboxylic acids is 1. The Morgan fingerprint density at radius 3 is 2.46 bits per heavy atom. The zero-order valence-corrected chi connectivity index (χ0v) is 22.5. The Balaban J connectivity index is 1.18. The Bertz CT molecular complexity index is 1290. The molecule has 0 saturated carbocycles. The van der Waals surface area contributed by atoms with E-state index in [1.807, 2.05) is 53.4 Å². The lowest BCUT2D eigenvalue weighted by Gasteiger charge is -2.40. The Kier molecular flexibility index (Phi) is 8.00. The second-order valence-electron chi connectivity index (χ2n) is 11.0. The van der Waals surface area contributed by atoms with Gasteiger partial charge in [0, 0.05) is 42.4 Å². The summed E-state index contributed by atoms with van der Waals surface area (Å²) in [5.41, 5.74) is 3.73. The molecule has 0 spiro atoms. The number of hydrogen-bond acceptors (Lipinski definition) is 6. The van der Waals surface area contributed by atoms with Crippen molar-refractivity contribution >= 4 is 16.9 Å². The second kappa shape index (κ2) is 11.9. The van der Waals surface area contributed by atoms with Crippen LogP contribution in [-0.2, 0) is 27.5 Å². The van der Waals surface area contributed by atoms with Gasteiger partial charge in [-0.25, -0.2) is 0 Å². The Morgan fingerprint density at radius 1 is 0.949 bits per heavy atom. The van der Waals surface area contributed by atoms with Gasteiger partial charge in [-0.05, 0) is 62.0 Å². The van der Waals surface area contributed by atoms with Crippen molar-refractivity contribution in [1.29, 1.82) is 0 Å². The predicted molar refractivity (Wildman–Crippen MR) is 149 cm³/mol. The average molecular weight is 531 g/mol. The molecule has 4 heterocycles. The molecule has 2 atom stereocenters. The number of aliphatic hydroxyl groups is 1. The molecule has 7 heteroatoms. The number of furan rings is 1. The normalized spacial score (nSPS) is 23.0. The average Bonchev–Trinajstić information content (AvgIpc) is 3.45. The molecule has 3 aromatic rings. The predicted octanol–water partition coefficient (Wildman–Crippen LogP) is 5.33. The first-order valence-electron chi connectivity index (χ1n) is 14.4. The van der Waals surface area contributed by atoms with Crippen LogP contribution < -0.4 is 0 Å². The summed E-state index contributed by atoms with van der Waals surface area (Å²) < 4.78 is 18.3. The van der Waals surface area contributed by atoms with Crippen molar-refractivity contribution in [3.05, 3.63) is 83.3 Å². The molecule has 7 nitrogen and oxygen atoms in total. The molecule has 0 unspecified atom stereocenters. The number of benzene rings is 2. The van der Waals surface area contributed by atoms with Crippen molar-refractivity contribution < 1.29 is 23.8 Å². The Hall–Kier alpha value is -3.13. The topological polar surface area (TPSA) is 75.4 Å². The minimum absolute atomic E-state index is 0.0127. The molecule has 1 amide bonds. The highest BCUT2D eigenvalue weighted by molar-refractivity contribution is 5.92. The molecular weight excluding hydrogens is 492 g/mol. The van der Waals surface area contributed by atoms with Gasteiger partial charge in [-0.2, -0.15) is 0 Å². The molecule has 6 rings (SSSR count). The van der Waals surface area contributed by atoms with E-state index in [2.05, 4.69) is 11.0 Å². The highest BCUT2D eigenvalue weighted by Crippen LogP contribution is 2.37. The van der Waals surface area contributed by atoms with Gasteiger partial charge in [0.15, 0.2) is 5.76 Å². The number of piperidine rings is 2. The SMILES string of the molecule is O=C(C1=C[C@@H](c2coc3ccccc23)C[C@@H](OCc2ccc(CO)cc2)O1)N1CCC(N2CCCCC2)CC1. The number of allylic oxidation sites excluding steroid dienone is 1. The zero-order chi connectivity index (χ0) is 26.6. The number of rotatable bonds is 7. The first-order valence-corrected chi connectivity index (χ1v) is 14.4. The first-order chi connectivity index (χ1) is 19.2. The van der Waals surface area contributed by atoms with E-state index in [9.17, 15) is 9.90 Å². The van der Waals surface area contributed by atoms with Crippen LogP contribution in [0.3, 0.4) is 0 Å². The number of carbonyl (C=O) groups is 1. The molecule has 3 aliphatic rings. The summed E-state index contributed by atoms with van der Waals surface area (Å²) in [6.07, 6.45) is 9.73. The second-order valence-corrected chi connectivity index (χ2v) is 11.0. The number of para-hydroxylation sites is 1. The van der Waals surface area contributed by atoms with Crippen LogP contribution in [0.4, 0.5) is 0 Å². The zero-order valence-electron chi connectivity index (χ0n) is 22.5. The van der Waals surface area contributed by atoms with Gasteiger partial charge in [0.1, 0.15) is 5.58 Å². The summed E-state index contributed by atoms with van der Waals surface area (Å²) in [7, 11) is 0. The van der Waals surface area contributed by atoms with Crippen molar-refractivity contribution in [2.24, 2.45) is 0 Å². The lowest BCUT2D eigenvalue weighted by atomic mass is 9.92. The quantitative estimate of drug-likeness (QED) is 0.445. The molecule has 39 heavy (non-hydrogen) atoms. The van der Waals surface area contributed by atoms with Crippen molar-refractivity contribution in [3.8, 4) is 0 Å². The largest absolute Gasteiger partial charge is 0.464 e. The molecular formula is C32H38N2O5. The highest BCUT2D eigenvalue weighted by atomic mass is 16.7. The van der Waals surface area contributed by atoms with Crippen LogP contribution in [0.25, 0.3) is 11.0 Å². The summed E-state index contributed by atoms with van der Waals surface area (Å²) in [6, 6.07) is 16.3. The maximum Gasteiger partial charge on any atom is 0.288 e. The molecule has 0 bridgehead atoms. The molecule has 0 radical (unpaired) electrons. The number of likely N-dealkylation sites (tertiary alicyclic amines) is 2. The summed E-state index contributed by atoms with van der Waals surface area (Å²) >= 11 is 0. The minimum Gasteiger partial charge on any atom is -0.464 e. The number of aliphatic hydroxyl groups excluding tert-OH is 1. The van der Waals surface area contributed by atoms with Gasteiger partial charge in [-0.1, -0.05) is 48.9 Å². The van der Waals surface area contributed by atoms with E-state index in [0.29, 0.717) is 24.8 Å². The van der Waals surface area contributed by atoms with Crippen LogP contribution in [0.1, 0.15) is 61.1 Å². The minimum atomic E-state index is -0.559. The van der Waals surface area contributed by atoms with Crippen LogP contribution in [0, 0.1) is 0 Å². The van der Waals surface area contributed by atoms with Gasteiger partial charge in [0.25, 0.3) is 5.91 Å². The van der Waals surface area contributed by atoms with E-state index in [-0.39, 0.29) is 18.4 Å². The third-order valence-electron chi connectivity index (χ3n) is 8.48. The van der Waals surface area contributed by atoms with Crippen LogP contribution in [0.5, 0.6) is 0 Å². The van der Waals surface area contributed by atoms with Crippen LogP contribution >= 0.6 is 0 Å². The summed E-state index contributed by atoms with van der Waals surface area (Å²) in [6.45, 7) is 4.26. The molecule has 206 valence electrons. The fourth-order valence-electron chi connectivity index (χ4n) is 6.22. The lowest BCUT2D eigenvalue weighted by molar-refractivity contribution is -0.156. The molecule has 3 aliphatic heterocycles. The first kappa shape index (κ1) is 26.1. The number of nitrogens with zero attached hydrogens (tertiary/aromatic N) is 2. The Morgan fingerprint density at radius 2 is 1.69 bits per heavy atom. The summed E-state index contributed by atoms with van der Waals surface area (Å²) in [5.74, 6) is 0.257. The smallest absolute Gasteiger partial charge is 0.288 e. The van der Waals surface area contributed by atoms with Gasteiger partial charge in [-0.15, -0.1) is 0 Å². The maximum atomic E-state index is 13.7. The van der Waals surface area contributed by atoms with Gasteiger partial charge in [0.2, 0.25) is 6.29 Å². The van der Waals surface area contributed by atoms with E-state index in [1.54, 1.807) is 6.26 Å². The summed E-state index contributed by atoms with van der Waals surface area (Å²) in [5, 5.41) is 10.4. The van der Waals surface area contributed by atoms with E-state index >= 15 is 0 Å². The standard InChI is InChI=1S/C32H38N2O5/c35-20-23-8-10-24(11-9-23)21-38-31-19-25(28-22-37-29-7-3-2-6-27(28)29)18-30(39-31)32(36)34-16-12-26(13-17-34)33-14-4-1-5-15-33/h2-3,6-11,18,22,25-26,31,35H,1,4-5,12-17,19-21H2/t25-,31+/m1/s1. The Labute approximate surface area is 230 Å². The van der Waals surface area contributed by atoms with E-state index in [0.717, 1.165) is 53.6 Å². The van der Waals surface area contributed by atoms with Crippen molar-refractivity contribution in [2.45, 2.75) is 70.0 Å². The molecule has 0 aliphatic carbocycles. The van der Waals surface area contributed by atoms with Crippen LogP contribution in [0.15, 0.2) is 71.0 Å². The number of amides is 1. The van der Waals surface area contributed by atoms with Gasteiger partial charge < -0.3 is 28.8 Å². The number of ether oxygens (including phenoxy) is 2. The van der Waals surface area contributed by atoms with E-state index < -0.39 is 6.29 Å². The highest BCUT2D eigenvalue weighted by Gasteiger charge is 2.34. The number of hydrogen-bond donors (Lipinski definition) is 1. The molecule has 2 fully saturated rings. The maximum absolute atomic E-state index is 13.7. The monoisotopic (exact) mass is 530 g/mol. The third-order valence-corrected chi connectivity index (χ3v) is 8.48. The van der Waals surface area contributed by atoms with Crippen molar-refractivity contribution in [1.82, 2.24) is 9.80 Å². The molecule has 1 aromatic heterocycles. The van der Waals surface area contributed by atoms with Crippen LogP contribution in [-0.4, -0.2) is 59.3 Å². The van der Waals surface area contributed by atoms with Crippen LogP contribution in [0.2, 0.25) is 0 Å². The van der Waals surface area contributed by atoms with Crippen molar-refractivity contribution in [2.75, 3.05) is 26.2 Å². The fourth-order valence-corrected chi connectivity index (χ4v) is 6.22. The van der Waals surface area contributed by atoms with E-state index in [1.165, 1.54) is 32.4 Å². The van der Waals surface area contributed by atoms with Gasteiger partial charge in [0.05, 0.1) is 19.5 Å².